The summed E-state index contributed by atoms with van der Waals surface area (Å²) >= 11 is 0. The molecule has 1 amide bonds. The van der Waals surface area contributed by atoms with Gasteiger partial charge < -0.3 is 19.5 Å². The highest BCUT2D eigenvalue weighted by Gasteiger charge is 2.36. The molecule has 2 unspecified atom stereocenters. The number of hydrogen-bond donors (Lipinski definition) is 1. The van der Waals surface area contributed by atoms with Crippen LogP contribution < -0.4 is 9.47 Å². The Morgan fingerprint density at radius 1 is 1.15 bits per heavy atom. The van der Waals surface area contributed by atoms with Gasteiger partial charge >= 0.3 is 5.97 Å². The fraction of sp³-hybridized carbons (Fsp3) is 0.579. The Kier molecular flexibility index (Phi) is 5.66. The average molecular weight is 362 g/mol. The first-order valence-electron chi connectivity index (χ1n) is 9.03. The molecule has 7 heteroatoms. The molecule has 0 radical (unpaired) electrons. The Labute approximate surface area is 153 Å². The van der Waals surface area contributed by atoms with E-state index in [0.717, 1.165) is 36.3 Å². The molecule has 2 fully saturated rings. The third-order valence-electron chi connectivity index (χ3n) is 5.36. The molecule has 0 aliphatic carbocycles. The zero-order chi connectivity index (χ0) is 18.7. The van der Waals surface area contributed by atoms with Crippen molar-refractivity contribution in [3.63, 3.8) is 0 Å². The third kappa shape index (κ3) is 3.62. The number of rotatable bonds is 6. The monoisotopic (exact) mass is 362 g/mol. The molecule has 2 heterocycles. The molecule has 0 bridgehead atoms. The summed E-state index contributed by atoms with van der Waals surface area (Å²) in [6, 6.07) is 5.00. The average Bonchev–Trinajstić information content (AvgIpc) is 3.30. The number of benzene rings is 1. The van der Waals surface area contributed by atoms with Crippen molar-refractivity contribution in [2.45, 2.75) is 37.8 Å². The fourth-order valence-electron chi connectivity index (χ4n) is 4.05. The summed E-state index contributed by atoms with van der Waals surface area (Å²) in [6.07, 6.45) is 3.20. The number of nitrogens with zero attached hydrogens (tertiary/aromatic N) is 2. The lowest BCUT2D eigenvalue weighted by atomic mass is 10.0. The summed E-state index contributed by atoms with van der Waals surface area (Å²) in [6.45, 7) is 1.49. The highest BCUT2D eigenvalue weighted by atomic mass is 16.5. The predicted molar refractivity (Wildman–Crippen MR) is 95.5 cm³/mol. The van der Waals surface area contributed by atoms with Crippen LogP contribution in [0.5, 0.6) is 11.5 Å². The van der Waals surface area contributed by atoms with Crippen LogP contribution in [0.4, 0.5) is 0 Å². The van der Waals surface area contributed by atoms with Gasteiger partial charge in [0.05, 0.1) is 26.8 Å². The Morgan fingerprint density at radius 2 is 1.92 bits per heavy atom. The van der Waals surface area contributed by atoms with Gasteiger partial charge in [0.25, 0.3) is 0 Å². The SMILES string of the molecule is COc1ccc(OC)c(C2CCCN2C(=O)CN2CCCC2C(=O)O)c1. The lowest BCUT2D eigenvalue weighted by Crippen LogP contribution is -2.44. The number of methoxy groups -OCH3 is 2. The Bertz CT molecular complexity index is 678. The summed E-state index contributed by atoms with van der Waals surface area (Å²) in [5.41, 5.74) is 0.939. The van der Waals surface area contributed by atoms with E-state index in [1.54, 1.807) is 19.1 Å². The van der Waals surface area contributed by atoms with Gasteiger partial charge in [0, 0.05) is 12.1 Å². The van der Waals surface area contributed by atoms with Gasteiger partial charge in [-0.1, -0.05) is 0 Å². The molecule has 0 aromatic heterocycles. The van der Waals surface area contributed by atoms with Crippen LogP contribution in [0.2, 0.25) is 0 Å². The van der Waals surface area contributed by atoms with Crippen molar-refractivity contribution in [1.82, 2.24) is 9.80 Å². The molecule has 0 saturated carbocycles. The maximum absolute atomic E-state index is 12.9. The van der Waals surface area contributed by atoms with Gasteiger partial charge in [-0.05, 0) is 50.4 Å². The number of amides is 1. The van der Waals surface area contributed by atoms with Crippen molar-refractivity contribution in [2.75, 3.05) is 33.9 Å². The molecule has 2 saturated heterocycles. The van der Waals surface area contributed by atoms with Crippen LogP contribution in [-0.2, 0) is 9.59 Å². The molecular formula is C19H26N2O5. The Balaban J connectivity index is 1.78. The van der Waals surface area contributed by atoms with Crippen LogP contribution in [-0.4, -0.2) is 66.7 Å². The number of ether oxygens (including phenoxy) is 2. The lowest BCUT2D eigenvalue weighted by Gasteiger charge is -2.29. The first-order valence-corrected chi connectivity index (χ1v) is 9.03. The van der Waals surface area contributed by atoms with E-state index < -0.39 is 12.0 Å². The van der Waals surface area contributed by atoms with E-state index >= 15 is 0 Å². The number of carboxylic acid groups (broad SMARTS) is 1. The van der Waals surface area contributed by atoms with Crippen molar-refractivity contribution in [1.29, 1.82) is 0 Å². The van der Waals surface area contributed by atoms with Gasteiger partial charge in [0.2, 0.25) is 5.91 Å². The van der Waals surface area contributed by atoms with Gasteiger partial charge in [-0.25, -0.2) is 0 Å². The summed E-state index contributed by atoms with van der Waals surface area (Å²) in [5.74, 6) is 0.596. The number of hydrogen-bond acceptors (Lipinski definition) is 5. The number of carbonyl (C=O) groups is 2. The molecule has 3 rings (SSSR count). The highest BCUT2D eigenvalue weighted by molar-refractivity contribution is 5.81. The maximum atomic E-state index is 12.9. The minimum atomic E-state index is -0.845. The standard InChI is InChI=1S/C19H26N2O5/c1-25-13-7-8-17(26-2)14(11-13)15-5-4-10-21(15)18(22)12-20-9-3-6-16(20)19(23)24/h7-8,11,15-16H,3-6,9-10,12H2,1-2H3,(H,23,24). The van der Waals surface area contributed by atoms with Crippen LogP contribution in [0.25, 0.3) is 0 Å². The topological polar surface area (TPSA) is 79.3 Å². The first-order chi connectivity index (χ1) is 12.5. The van der Waals surface area contributed by atoms with E-state index in [-0.39, 0.29) is 18.5 Å². The van der Waals surface area contributed by atoms with Crippen molar-refractivity contribution >= 4 is 11.9 Å². The van der Waals surface area contributed by atoms with Crippen molar-refractivity contribution in [3.8, 4) is 11.5 Å². The summed E-state index contributed by atoms with van der Waals surface area (Å²) < 4.78 is 10.8. The van der Waals surface area contributed by atoms with Crippen LogP contribution in [0.15, 0.2) is 18.2 Å². The second-order valence-electron chi connectivity index (χ2n) is 6.82. The molecule has 2 aliphatic rings. The molecule has 2 aliphatic heterocycles. The molecule has 1 aromatic carbocycles. The van der Waals surface area contributed by atoms with E-state index in [0.29, 0.717) is 19.5 Å². The van der Waals surface area contributed by atoms with E-state index in [2.05, 4.69) is 0 Å². The Hall–Kier alpha value is -2.28. The Morgan fingerprint density at radius 3 is 2.62 bits per heavy atom. The minimum absolute atomic E-state index is 0.0227. The summed E-state index contributed by atoms with van der Waals surface area (Å²) in [5, 5.41) is 9.32. The molecule has 1 aromatic rings. The summed E-state index contributed by atoms with van der Waals surface area (Å²) in [4.78, 5) is 27.9. The summed E-state index contributed by atoms with van der Waals surface area (Å²) in [7, 11) is 3.23. The van der Waals surface area contributed by atoms with Gasteiger partial charge in [-0.2, -0.15) is 0 Å². The quantitative estimate of drug-likeness (QED) is 0.833. The molecule has 142 valence electrons. The van der Waals surface area contributed by atoms with Gasteiger partial charge in [-0.15, -0.1) is 0 Å². The number of carbonyl (C=O) groups excluding carboxylic acids is 1. The molecule has 26 heavy (non-hydrogen) atoms. The van der Waals surface area contributed by atoms with Crippen LogP contribution >= 0.6 is 0 Å². The second-order valence-corrected chi connectivity index (χ2v) is 6.82. The zero-order valence-electron chi connectivity index (χ0n) is 15.3. The van der Waals surface area contributed by atoms with Crippen molar-refractivity contribution in [3.05, 3.63) is 23.8 Å². The smallest absolute Gasteiger partial charge is 0.320 e. The second kappa shape index (κ2) is 7.95. The van der Waals surface area contributed by atoms with E-state index in [9.17, 15) is 14.7 Å². The maximum Gasteiger partial charge on any atom is 0.320 e. The van der Waals surface area contributed by atoms with Crippen molar-refractivity contribution in [2.24, 2.45) is 0 Å². The number of aliphatic carboxylic acids is 1. The van der Waals surface area contributed by atoms with E-state index in [1.165, 1.54) is 0 Å². The number of carboxylic acids is 1. The van der Waals surface area contributed by atoms with E-state index in [1.807, 2.05) is 23.1 Å². The van der Waals surface area contributed by atoms with Crippen LogP contribution in [0.3, 0.4) is 0 Å². The van der Waals surface area contributed by atoms with Crippen molar-refractivity contribution < 1.29 is 24.2 Å². The predicted octanol–water partition coefficient (Wildman–Crippen LogP) is 1.92. The zero-order valence-corrected chi connectivity index (χ0v) is 15.3. The molecule has 2 atom stereocenters. The molecule has 1 N–H and O–H groups in total. The first kappa shape index (κ1) is 18.5. The van der Waals surface area contributed by atoms with Gasteiger partial charge in [0.15, 0.2) is 0 Å². The van der Waals surface area contributed by atoms with Crippen LogP contribution in [0, 0.1) is 0 Å². The molecular weight excluding hydrogens is 336 g/mol. The largest absolute Gasteiger partial charge is 0.497 e. The fourth-order valence-corrected chi connectivity index (χ4v) is 4.05. The number of likely N-dealkylation sites (tertiary alicyclic amines) is 2. The third-order valence-corrected chi connectivity index (χ3v) is 5.36. The molecule has 0 spiro atoms. The van der Waals surface area contributed by atoms with Crippen LogP contribution in [0.1, 0.15) is 37.3 Å². The minimum Gasteiger partial charge on any atom is -0.497 e. The normalized spacial score (nSPS) is 23.2. The molecule has 7 nitrogen and oxygen atoms in total. The van der Waals surface area contributed by atoms with Gasteiger partial charge in [0.1, 0.15) is 17.5 Å². The lowest BCUT2D eigenvalue weighted by molar-refractivity contribution is -0.143. The highest BCUT2D eigenvalue weighted by Crippen LogP contribution is 2.39. The van der Waals surface area contributed by atoms with E-state index in [4.69, 9.17) is 9.47 Å². The van der Waals surface area contributed by atoms with Gasteiger partial charge in [-0.3, -0.25) is 14.5 Å².